The van der Waals surface area contributed by atoms with Crippen molar-refractivity contribution in [2.24, 2.45) is 0 Å². The summed E-state index contributed by atoms with van der Waals surface area (Å²) in [5.41, 5.74) is 9.01. The van der Waals surface area contributed by atoms with Gasteiger partial charge >= 0.3 is 0 Å². The lowest BCUT2D eigenvalue weighted by atomic mass is 9.99. The highest BCUT2D eigenvalue weighted by molar-refractivity contribution is 7.26. The highest BCUT2D eigenvalue weighted by Gasteiger charge is 2.27. The van der Waals surface area contributed by atoms with Crippen molar-refractivity contribution in [2.75, 3.05) is 9.80 Å². The van der Waals surface area contributed by atoms with Crippen LogP contribution in [0.5, 0.6) is 0 Å². The molecule has 0 atom stereocenters. The molecular weight excluding hydrogens is 613 g/mol. The number of benzene rings is 8. The van der Waals surface area contributed by atoms with Crippen LogP contribution in [0, 0.1) is 0 Å². The van der Waals surface area contributed by atoms with Gasteiger partial charge in [0.05, 0.1) is 17.1 Å². The number of anilines is 6. The molecule has 0 amide bonds. The first kappa shape index (κ1) is 29.0. The molecule has 9 rings (SSSR count). The molecule has 0 bridgehead atoms. The normalized spacial score (nSPS) is 11.3. The number of thiophene rings is 1. The standard InChI is InChI=1S/C46H32N2S/c1-5-17-33(18-6-1)39-27-15-16-28-41(39)48(38-25-11-4-12-26-38)46-42(47(36-21-7-2-8-22-36)37-23-9-3-10-24-37)29-30-43-45(46)40-31-34-19-13-14-20-35(34)32-44(40)49-43/h1-32H. The average Bonchev–Trinajstić information content (AvgIpc) is 3.54. The van der Waals surface area contributed by atoms with Gasteiger partial charge in [0.1, 0.15) is 0 Å². The summed E-state index contributed by atoms with van der Waals surface area (Å²) in [6.07, 6.45) is 0. The molecule has 0 N–H and O–H groups in total. The topological polar surface area (TPSA) is 6.48 Å². The molecule has 0 aliphatic rings. The summed E-state index contributed by atoms with van der Waals surface area (Å²) in [6.45, 7) is 0. The van der Waals surface area contributed by atoms with Crippen LogP contribution in [-0.4, -0.2) is 0 Å². The third kappa shape index (κ3) is 5.22. The van der Waals surface area contributed by atoms with Gasteiger partial charge in [-0.05, 0) is 83.1 Å². The minimum absolute atomic E-state index is 1.10. The minimum Gasteiger partial charge on any atom is -0.308 e. The van der Waals surface area contributed by atoms with Gasteiger partial charge in [-0.15, -0.1) is 11.3 Å². The molecule has 0 unspecified atom stereocenters. The number of nitrogens with zero attached hydrogens (tertiary/aromatic N) is 2. The Morgan fingerprint density at radius 3 is 1.51 bits per heavy atom. The van der Waals surface area contributed by atoms with Crippen LogP contribution in [-0.2, 0) is 0 Å². The molecule has 49 heavy (non-hydrogen) atoms. The van der Waals surface area contributed by atoms with Gasteiger partial charge in [0.2, 0.25) is 0 Å². The molecule has 1 heterocycles. The van der Waals surface area contributed by atoms with Crippen molar-refractivity contribution in [3.8, 4) is 11.1 Å². The summed E-state index contributed by atoms with van der Waals surface area (Å²) in [5.74, 6) is 0. The smallest absolute Gasteiger partial charge is 0.0796 e. The van der Waals surface area contributed by atoms with Gasteiger partial charge in [0, 0.05) is 42.8 Å². The summed E-state index contributed by atoms with van der Waals surface area (Å²) in [5, 5.41) is 5.00. The van der Waals surface area contributed by atoms with Crippen LogP contribution in [0.3, 0.4) is 0 Å². The maximum absolute atomic E-state index is 2.49. The Hall–Kier alpha value is -6.16. The zero-order valence-corrected chi connectivity index (χ0v) is 27.6. The number of rotatable bonds is 7. The van der Waals surface area contributed by atoms with Crippen molar-refractivity contribution in [2.45, 2.75) is 0 Å². The summed E-state index contributed by atoms with van der Waals surface area (Å²) in [4.78, 5) is 4.89. The van der Waals surface area contributed by atoms with E-state index in [2.05, 4.69) is 204 Å². The lowest BCUT2D eigenvalue weighted by molar-refractivity contribution is 1.24. The van der Waals surface area contributed by atoms with E-state index in [1.54, 1.807) is 0 Å². The Morgan fingerprint density at radius 2 is 0.878 bits per heavy atom. The molecule has 2 nitrogen and oxygen atoms in total. The van der Waals surface area contributed by atoms with Gasteiger partial charge in [-0.2, -0.15) is 0 Å². The summed E-state index contributed by atoms with van der Waals surface area (Å²) in [6, 6.07) is 69.9. The second-order valence-electron chi connectivity index (χ2n) is 12.2. The lowest BCUT2D eigenvalue weighted by Crippen LogP contribution is -2.17. The fourth-order valence-corrected chi connectivity index (χ4v) is 8.15. The van der Waals surface area contributed by atoms with Gasteiger partial charge in [-0.3, -0.25) is 0 Å². The lowest BCUT2D eigenvalue weighted by Gasteiger charge is -2.34. The molecule has 0 spiro atoms. The number of hydrogen-bond donors (Lipinski definition) is 0. The largest absolute Gasteiger partial charge is 0.308 e. The minimum atomic E-state index is 1.10. The molecule has 8 aromatic carbocycles. The molecule has 0 fully saturated rings. The van der Waals surface area contributed by atoms with Crippen molar-refractivity contribution in [1.29, 1.82) is 0 Å². The number of para-hydroxylation sites is 4. The summed E-state index contributed by atoms with van der Waals surface area (Å²) in [7, 11) is 0. The average molecular weight is 645 g/mol. The third-order valence-corrected chi connectivity index (χ3v) is 10.3. The van der Waals surface area contributed by atoms with Gasteiger partial charge in [-0.25, -0.2) is 0 Å². The van der Waals surface area contributed by atoms with E-state index in [-0.39, 0.29) is 0 Å². The fourth-order valence-electron chi connectivity index (χ4n) is 7.01. The molecular formula is C46H32N2S. The number of fused-ring (bicyclic) bond motifs is 4. The molecule has 1 aromatic heterocycles. The van der Waals surface area contributed by atoms with E-state index in [4.69, 9.17) is 0 Å². The second-order valence-corrected chi connectivity index (χ2v) is 13.2. The predicted molar refractivity (Wildman–Crippen MR) is 212 cm³/mol. The Morgan fingerprint density at radius 1 is 0.367 bits per heavy atom. The monoisotopic (exact) mass is 644 g/mol. The van der Waals surface area contributed by atoms with Gasteiger partial charge < -0.3 is 9.80 Å². The molecule has 0 aliphatic heterocycles. The van der Waals surface area contributed by atoms with Crippen LogP contribution in [0.1, 0.15) is 0 Å². The molecule has 232 valence electrons. The molecule has 9 aromatic rings. The van der Waals surface area contributed by atoms with Gasteiger partial charge in [0.25, 0.3) is 0 Å². The summed E-state index contributed by atoms with van der Waals surface area (Å²) >= 11 is 1.87. The molecule has 0 saturated heterocycles. The maximum atomic E-state index is 2.49. The van der Waals surface area contributed by atoms with E-state index >= 15 is 0 Å². The van der Waals surface area contributed by atoms with Crippen LogP contribution in [0.25, 0.3) is 42.1 Å². The Bertz CT molecular complexity index is 2500. The van der Waals surface area contributed by atoms with Crippen LogP contribution in [0.15, 0.2) is 194 Å². The van der Waals surface area contributed by atoms with Crippen LogP contribution in [0.2, 0.25) is 0 Å². The van der Waals surface area contributed by atoms with E-state index in [0.717, 1.165) is 34.1 Å². The van der Waals surface area contributed by atoms with E-state index in [9.17, 15) is 0 Å². The van der Waals surface area contributed by atoms with Gasteiger partial charge in [0.15, 0.2) is 0 Å². The van der Waals surface area contributed by atoms with E-state index in [1.165, 1.54) is 42.1 Å². The Kier molecular flexibility index (Phi) is 7.38. The predicted octanol–water partition coefficient (Wildman–Crippen LogP) is 13.8. The van der Waals surface area contributed by atoms with Crippen molar-refractivity contribution >= 4 is 76.4 Å². The fraction of sp³-hybridized carbons (Fsp3) is 0. The zero-order valence-electron chi connectivity index (χ0n) is 26.8. The maximum Gasteiger partial charge on any atom is 0.0796 e. The van der Waals surface area contributed by atoms with Crippen molar-refractivity contribution < 1.29 is 0 Å². The van der Waals surface area contributed by atoms with Gasteiger partial charge in [-0.1, -0.05) is 127 Å². The molecule has 0 saturated carbocycles. The van der Waals surface area contributed by atoms with E-state index in [0.29, 0.717) is 0 Å². The molecule has 0 aliphatic carbocycles. The van der Waals surface area contributed by atoms with Crippen molar-refractivity contribution in [3.63, 3.8) is 0 Å². The number of hydrogen-bond acceptors (Lipinski definition) is 3. The first-order chi connectivity index (χ1) is 24.3. The Labute approximate surface area is 290 Å². The second kappa shape index (κ2) is 12.5. The van der Waals surface area contributed by atoms with Crippen LogP contribution < -0.4 is 9.80 Å². The van der Waals surface area contributed by atoms with Crippen LogP contribution in [0.4, 0.5) is 34.1 Å². The SMILES string of the molecule is c1ccc(-c2ccccc2N(c2ccccc2)c2c(N(c3ccccc3)c3ccccc3)ccc3sc4cc5ccccc5cc4c23)cc1. The first-order valence-corrected chi connectivity index (χ1v) is 17.4. The van der Waals surface area contributed by atoms with Crippen molar-refractivity contribution in [1.82, 2.24) is 0 Å². The Balaban J connectivity index is 1.45. The van der Waals surface area contributed by atoms with Crippen molar-refractivity contribution in [3.05, 3.63) is 194 Å². The quantitative estimate of drug-likeness (QED) is 0.170. The van der Waals surface area contributed by atoms with E-state index < -0.39 is 0 Å². The summed E-state index contributed by atoms with van der Waals surface area (Å²) < 4.78 is 2.53. The highest BCUT2D eigenvalue weighted by atomic mass is 32.1. The molecule has 3 heteroatoms. The molecule has 0 radical (unpaired) electrons. The highest BCUT2D eigenvalue weighted by Crippen LogP contribution is 2.53. The first-order valence-electron chi connectivity index (χ1n) is 16.6. The van der Waals surface area contributed by atoms with E-state index in [1.807, 2.05) is 11.3 Å². The van der Waals surface area contributed by atoms with Crippen LogP contribution >= 0.6 is 11.3 Å². The third-order valence-electron chi connectivity index (χ3n) is 9.19. The zero-order chi connectivity index (χ0) is 32.6.